The summed E-state index contributed by atoms with van der Waals surface area (Å²) >= 11 is 5.17. The molecule has 0 aliphatic heterocycles. The Morgan fingerprint density at radius 2 is 2.31 bits per heavy atom. The predicted octanol–water partition coefficient (Wildman–Crippen LogP) is 2.05. The van der Waals surface area contributed by atoms with Crippen LogP contribution in [0.3, 0.4) is 0 Å². The van der Waals surface area contributed by atoms with Crippen molar-refractivity contribution < 1.29 is 4.21 Å². The first-order valence-corrected chi connectivity index (χ1v) is 7.55. The van der Waals surface area contributed by atoms with Gasteiger partial charge in [-0.15, -0.1) is 0 Å². The van der Waals surface area contributed by atoms with Crippen molar-refractivity contribution in [3.05, 3.63) is 10.6 Å². The van der Waals surface area contributed by atoms with E-state index in [4.69, 9.17) is 12.2 Å². The second-order valence-corrected chi connectivity index (χ2v) is 6.13. The number of hydrogen-bond donors (Lipinski definition) is 1. The normalized spacial score (nSPS) is 14.9. The minimum Gasteiger partial charge on any atom is -0.304 e. The molecule has 16 heavy (non-hydrogen) atoms. The van der Waals surface area contributed by atoms with Crippen molar-refractivity contribution in [2.24, 2.45) is 0 Å². The molecule has 2 unspecified atom stereocenters. The highest BCUT2D eigenvalue weighted by Crippen LogP contribution is 2.06. The highest BCUT2D eigenvalue weighted by Gasteiger charge is 2.09. The zero-order valence-electron chi connectivity index (χ0n) is 10.0. The van der Waals surface area contributed by atoms with E-state index in [-0.39, 0.29) is 5.25 Å². The molecule has 0 saturated heterocycles. The zero-order chi connectivity index (χ0) is 12.1. The summed E-state index contributed by atoms with van der Waals surface area (Å²) in [6.07, 6.45) is 4.59. The van der Waals surface area contributed by atoms with Crippen LogP contribution in [-0.2, 0) is 23.8 Å². The van der Waals surface area contributed by atoms with Crippen molar-refractivity contribution in [1.82, 2.24) is 14.8 Å². The van der Waals surface area contributed by atoms with Gasteiger partial charge in [0.25, 0.3) is 0 Å². The summed E-state index contributed by atoms with van der Waals surface area (Å²) in [5.74, 6) is 1.00. The third-order valence-electron chi connectivity index (χ3n) is 2.64. The largest absolute Gasteiger partial charge is 0.304 e. The summed E-state index contributed by atoms with van der Waals surface area (Å²) in [4.78, 5) is 0. The van der Waals surface area contributed by atoms with Crippen LogP contribution < -0.4 is 0 Å². The molecule has 0 spiro atoms. The molecule has 4 nitrogen and oxygen atoms in total. The molecule has 6 heteroatoms. The monoisotopic (exact) mass is 261 g/mol. The molecular weight excluding hydrogens is 242 g/mol. The molecule has 0 fully saturated rings. The van der Waals surface area contributed by atoms with Crippen molar-refractivity contribution in [2.45, 2.75) is 44.9 Å². The van der Waals surface area contributed by atoms with Crippen LogP contribution in [0.2, 0.25) is 0 Å². The molecule has 1 N–H and O–H groups in total. The first kappa shape index (κ1) is 13.6. The third kappa shape index (κ3) is 3.52. The number of aryl methyl sites for hydroxylation is 1. The zero-order valence-corrected chi connectivity index (χ0v) is 11.7. The summed E-state index contributed by atoms with van der Waals surface area (Å²) in [6.45, 7) is 4.91. The van der Waals surface area contributed by atoms with Gasteiger partial charge >= 0.3 is 0 Å². The van der Waals surface area contributed by atoms with Gasteiger partial charge in [0.1, 0.15) is 5.82 Å². The van der Waals surface area contributed by atoms with Crippen molar-refractivity contribution in [2.75, 3.05) is 6.26 Å². The molecule has 92 valence electrons. The third-order valence-corrected chi connectivity index (χ3v) is 4.32. The number of aromatic amines is 1. The Labute approximate surface area is 104 Å². The van der Waals surface area contributed by atoms with Crippen LogP contribution in [0, 0.1) is 4.77 Å². The van der Waals surface area contributed by atoms with E-state index in [1.165, 1.54) is 0 Å². The molecule has 0 radical (unpaired) electrons. The second kappa shape index (κ2) is 6.30. The standard InChI is InChI=1S/C10H19N3OS2/c1-4-5-9-11-12-10(15)13(9)7-6-8(2)16(3)14/h8H,4-7H2,1-3H3,(H,12,15). The quantitative estimate of drug-likeness (QED) is 0.797. The number of hydrogen-bond acceptors (Lipinski definition) is 3. The Morgan fingerprint density at radius 1 is 1.62 bits per heavy atom. The summed E-state index contributed by atoms with van der Waals surface area (Å²) in [5, 5.41) is 7.21. The number of nitrogens with one attached hydrogen (secondary N) is 1. The first-order valence-electron chi connectivity index (χ1n) is 5.52. The molecule has 0 amide bonds. The van der Waals surface area contributed by atoms with Gasteiger partial charge in [0.05, 0.1) is 0 Å². The van der Waals surface area contributed by atoms with Crippen LogP contribution in [0.25, 0.3) is 0 Å². The first-order chi connectivity index (χ1) is 7.56. The molecule has 0 saturated carbocycles. The van der Waals surface area contributed by atoms with Gasteiger partial charge in [0.2, 0.25) is 0 Å². The summed E-state index contributed by atoms with van der Waals surface area (Å²) in [7, 11) is -0.767. The Bertz CT molecular complexity index is 410. The second-order valence-electron chi connectivity index (χ2n) is 3.94. The SMILES string of the molecule is CCCc1n[nH]c(=S)n1CCC(C)S(C)=O. The predicted molar refractivity (Wildman–Crippen MR) is 69.6 cm³/mol. The lowest BCUT2D eigenvalue weighted by atomic mass is 10.3. The van der Waals surface area contributed by atoms with Gasteiger partial charge < -0.3 is 4.57 Å². The number of rotatable bonds is 6. The highest BCUT2D eigenvalue weighted by molar-refractivity contribution is 7.84. The van der Waals surface area contributed by atoms with Crippen LogP contribution in [0.1, 0.15) is 32.5 Å². The van der Waals surface area contributed by atoms with Gasteiger partial charge in [0.15, 0.2) is 4.77 Å². The lowest BCUT2D eigenvalue weighted by Gasteiger charge is -2.10. The van der Waals surface area contributed by atoms with Crippen LogP contribution in [0.15, 0.2) is 0 Å². The average molecular weight is 261 g/mol. The smallest absolute Gasteiger partial charge is 0.195 e. The summed E-state index contributed by atoms with van der Waals surface area (Å²) in [6, 6.07) is 0. The molecule has 0 bridgehead atoms. The van der Waals surface area contributed by atoms with Crippen LogP contribution in [0.4, 0.5) is 0 Å². The van der Waals surface area contributed by atoms with Gasteiger partial charge in [-0.2, -0.15) is 5.10 Å². The minimum absolute atomic E-state index is 0.200. The molecule has 0 aliphatic carbocycles. The molecule has 1 aromatic rings. The topological polar surface area (TPSA) is 50.7 Å². The van der Waals surface area contributed by atoms with E-state index in [9.17, 15) is 4.21 Å². The van der Waals surface area contributed by atoms with E-state index in [2.05, 4.69) is 17.1 Å². The van der Waals surface area contributed by atoms with Crippen molar-refractivity contribution in [3.63, 3.8) is 0 Å². The lowest BCUT2D eigenvalue weighted by Crippen LogP contribution is -2.14. The molecule has 0 aromatic carbocycles. The van der Waals surface area contributed by atoms with E-state index in [0.717, 1.165) is 31.6 Å². The summed E-state index contributed by atoms with van der Waals surface area (Å²) < 4.78 is 13.9. The van der Waals surface area contributed by atoms with Crippen molar-refractivity contribution in [1.29, 1.82) is 0 Å². The molecule has 1 rings (SSSR count). The van der Waals surface area contributed by atoms with Gasteiger partial charge in [-0.05, 0) is 25.1 Å². The number of nitrogens with zero attached hydrogens (tertiary/aromatic N) is 2. The van der Waals surface area contributed by atoms with Crippen molar-refractivity contribution in [3.8, 4) is 0 Å². The molecule has 0 aliphatic rings. The molecular formula is C10H19N3OS2. The lowest BCUT2D eigenvalue weighted by molar-refractivity contribution is 0.588. The van der Waals surface area contributed by atoms with Gasteiger partial charge in [0, 0.05) is 35.3 Å². The fourth-order valence-corrected chi connectivity index (χ4v) is 2.15. The van der Waals surface area contributed by atoms with Gasteiger partial charge in [-0.3, -0.25) is 9.31 Å². The van der Waals surface area contributed by atoms with Gasteiger partial charge in [-0.25, -0.2) is 0 Å². The maximum absolute atomic E-state index is 11.3. The van der Waals surface area contributed by atoms with Crippen LogP contribution >= 0.6 is 12.2 Å². The number of aromatic nitrogens is 3. The van der Waals surface area contributed by atoms with Crippen LogP contribution in [-0.4, -0.2) is 30.5 Å². The fourth-order valence-electron chi connectivity index (χ4n) is 1.47. The summed E-state index contributed by atoms with van der Waals surface area (Å²) in [5.41, 5.74) is 0. The Hall–Kier alpha value is -0.490. The molecule has 1 aromatic heterocycles. The molecule has 1 heterocycles. The maximum atomic E-state index is 11.3. The van der Waals surface area contributed by atoms with E-state index >= 15 is 0 Å². The highest BCUT2D eigenvalue weighted by atomic mass is 32.2. The average Bonchev–Trinajstić information content (AvgIpc) is 2.57. The number of H-pyrrole nitrogens is 1. The van der Waals surface area contributed by atoms with E-state index in [0.29, 0.717) is 4.77 Å². The Morgan fingerprint density at radius 3 is 2.88 bits per heavy atom. The van der Waals surface area contributed by atoms with Crippen molar-refractivity contribution >= 4 is 23.0 Å². The Kier molecular flexibility index (Phi) is 5.34. The van der Waals surface area contributed by atoms with E-state index < -0.39 is 10.8 Å². The Balaban J connectivity index is 2.69. The molecule has 2 atom stereocenters. The van der Waals surface area contributed by atoms with Gasteiger partial charge in [-0.1, -0.05) is 13.8 Å². The fraction of sp³-hybridized carbons (Fsp3) is 0.800. The van der Waals surface area contributed by atoms with E-state index in [1.807, 2.05) is 11.5 Å². The maximum Gasteiger partial charge on any atom is 0.195 e. The van der Waals surface area contributed by atoms with Crippen LogP contribution in [0.5, 0.6) is 0 Å². The minimum atomic E-state index is -0.767. The van der Waals surface area contributed by atoms with E-state index in [1.54, 1.807) is 6.26 Å².